The average Bonchev–Trinajstić information content (AvgIpc) is 2.66. The van der Waals surface area contributed by atoms with Crippen LogP contribution < -0.4 is 4.74 Å². The van der Waals surface area contributed by atoms with E-state index < -0.39 is 11.9 Å². The number of hydrogen-bond acceptors (Lipinski definition) is 2. The summed E-state index contributed by atoms with van der Waals surface area (Å²) in [6.45, 7) is 15.8. The minimum Gasteiger partial charge on any atom is -0.508 e. The summed E-state index contributed by atoms with van der Waals surface area (Å²) in [5.41, 5.74) is 0. The molecule has 2 rings (SSSR count). The van der Waals surface area contributed by atoms with Gasteiger partial charge in [-0.25, -0.2) is 0 Å². The minimum absolute atomic E-state index is 0. The Morgan fingerprint density at radius 1 is 0.893 bits per heavy atom. The van der Waals surface area contributed by atoms with Gasteiger partial charge in [0, 0.05) is 6.46 Å². The molecule has 0 saturated carbocycles. The summed E-state index contributed by atoms with van der Waals surface area (Å²) in [6, 6.07) is 16.4. The van der Waals surface area contributed by atoms with Crippen LogP contribution in [0.2, 0.25) is 0 Å². The van der Waals surface area contributed by atoms with E-state index in [0.717, 1.165) is 0 Å². The third-order valence-corrected chi connectivity index (χ3v) is 2.06. The van der Waals surface area contributed by atoms with Crippen LogP contribution in [-0.4, -0.2) is 11.3 Å². The van der Waals surface area contributed by atoms with Crippen LogP contribution >= 0.6 is 11.6 Å². The van der Waals surface area contributed by atoms with Crippen molar-refractivity contribution in [3.05, 3.63) is 84.6 Å². The third-order valence-electron chi connectivity index (χ3n) is 2.06. The number of allylic oxidation sites excluding steroid dienone is 2. The van der Waals surface area contributed by atoms with Gasteiger partial charge in [0.25, 0.3) is 0 Å². The molecule has 0 heterocycles. The smallest absolute Gasteiger partial charge is 0.448 e. The molecule has 28 heavy (non-hydrogen) atoms. The van der Waals surface area contributed by atoms with E-state index in [0.29, 0.717) is 10.8 Å². The molecule has 0 amide bonds. The van der Waals surface area contributed by atoms with Crippen molar-refractivity contribution in [3.8, 4) is 11.5 Å². The van der Waals surface area contributed by atoms with Gasteiger partial charge in [0.2, 0.25) is 5.76 Å². The van der Waals surface area contributed by atoms with Crippen LogP contribution in [-0.2, 0) is 0 Å². The van der Waals surface area contributed by atoms with Gasteiger partial charge in [-0.3, -0.25) is 0 Å². The van der Waals surface area contributed by atoms with Crippen molar-refractivity contribution < 1.29 is 24.4 Å². The number of rotatable bonds is 2. The van der Waals surface area contributed by atoms with Crippen molar-refractivity contribution in [2.45, 2.75) is 40.8 Å². The maximum atomic E-state index is 11.9. The molecule has 0 fully saturated rings. The summed E-state index contributed by atoms with van der Waals surface area (Å²) in [5, 5.41) is 9.27. The quantitative estimate of drug-likeness (QED) is 0.492. The standard InChI is InChI=1S/C9H7F3O.C6H6O.C3H5Cl.2C2H6.H2/c1-7(9(10,11)12)13-8-5-3-2-4-6-8;7-6-4-2-1-3-5-6;1-3(2)4;2*1-2;/h2-6H,1H2;1-5,7H;1H2,2H3;2*1-2H3;1H/i;;;;;1+1. The maximum absolute atomic E-state index is 11.9. The molecular weight excluding hydrogens is 389 g/mol. The molecular formula is C22H32ClF3O2. The van der Waals surface area contributed by atoms with E-state index in [2.05, 4.69) is 17.9 Å². The normalized spacial score (nSPS) is 8.61. The number of phenols is 1. The summed E-state index contributed by atoms with van der Waals surface area (Å²) in [6.07, 6.45) is -4.50. The van der Waals surface area contributed by atoms with Crippen molar-refractivity contribution in [1.29, 1.82) is 0 Å². The lowest BCUT2D eigenvalue weighted by Crippen LogP contribution is -2.15. The van der Waals surface area contributed by atoms with E-state index in [9.17, 15) is 13.2 Å². The highest BCUT2D eigenvalue weighted by molar-refractivity contribution is 6.28. The summed E-state index contributed by atoms with van der Waals surface area (Å²) in [4.78, 5) is 0. The minimum atomic E-state index is -4.50. The van der Waals surface area contributed by atoms with E-state index in [1.165, 1.54) is 12.1 Å². The molecule has 0 saturated heterocycles. The second-order valence-electron chi connectivity index (χ2n) is 4.35. The molecule has 2 aromatic rings. The lowest BCUT2D eigenvalue weighted by Gasteiger charge is -2.10. The van der Waals surface area contributed by atoms with Crippen LogP contribution in [0.5, 0.6) is 11.5 Å². The van der Waals surface area contributed by atoms with E-state index in [1.54, 1.807) is 49.4 Å². The molecule has 1 N–H and O–H groups in total. The zero-order valence-electron chi connectivity index (χ0n) is 17.1. The molecule has 0 atom stereocenters. The molecule has 0 aliphatic carbocycles. The number of halogens is 4. The first kappa shape index (κ1) is 30.3. The van der Waals surface area contributed by atoms with Gasteiger partial charge in [-0.05, 0) is 31.2 Å². The van der Waals surface area contributed by atoms with Crippen molar-refractivity contribution in [3.63, 3.8) is 0 Å². The fourth-order valence-electron chi connectivity index (χ4n) is 1.12. The van der Waals surface area contributed by atoms with Crippen LogP contribution in [0.4, 0.5) is 13.2 Å². The van der Waals surface area contributed by atoms with Gasteiger partial charge in [0.1, 0.15) is 11.5 Å². The van der Waals surface area contributed by atoms with Crippen molar-refractivity contribution in [2.75, 3.05) is 0 Å². The van der Waals surface area contributed by atoms with Crippen LogP contribution in [0, 0.1) is 0 Å². The number of aromatic hydroxyl groups is 1. The molecule has 0 bridgehead atoms. The van der Waals surface area contributed by atoms with Gasteiger partial charge >= 0.3 is 6.18 Å². The number of alkyl halides is 3. The molecule has 2 aromatic carbocycles. The molecule has 0 radical (unpaired) electrons. The topological polar surface area (TPSA) is 29.5 Å². The highest BCUT2D eigenvalue weighted by atomic mass is 35.5. The summed E-state index contributed by atoms with van der Waals surface area (Å²) in [7, 11) is 0. The molecule has 0 aliphatic rings. The highest BCUT2D eigenvalue weighted by Crippen LogP contribution is 2.26. The summed E-state index contributed by atoms with van der Waals surface area (Å²) >= 11 is 5.08. The SMILES string of the molecule is C=C(C)Cl.C=C(Oc1ccccc1)C(F)(F)F.CC.CC.Oc1ccccc1.[2HH]. The molecule has 160 valence electrons. The zero-order chi connectivity index (χ0) is 22.6. The van der Waals surface area contributed by atoms with E-state index in [1.807, 2.05) is 33.8 Å². The Kier molecular flexibility index (Phi) is 21.0. The number of hydrogen-bond donors (Lipinski definition) is 1. The second kappa shape index (κ2) is 19.4. The predicted octanol–water partition coefficient (Wildman–Crippen LogP) is 8.59. The van der Waals surface area contributed by atoms with Crippen LogP contribution in [0.25, 0.3) is 0 Å². The van der Waals surface area contributed by atoms with Crippen LogP contribution in [0.3, 0.4) is 0 Å². The first-order valence-electron chi connectivity index (χ1n) is 8.67. The molecule has 2 nitrogen and oxygen atoms in total. The average molecular weight is 422 g/mol. The van der Waals surface area contributed by atoms with E-state index in [4.69, 9.17) is 16.7 Å². The first-order chi connectivity index (χ1) is 13.1. The molecule has 0 aliphatic heterocycles. The Labute approximate surface area is 173 Å². The Morgan fingerprint density at radius 3 is 1.46 bits per heavy atom. The predicted molar refractivity (Wildman–Crippen MR) is 116 cm³/mol. The van der Waals surface area contributed by atoms with Crippen LogP contribution in [0.15, 0.2) is 84.6 Å². The zero-order valence-corrected chi connectivity index (χ0v) is 17.8. The second-order valence-corrected chi connectivity index (χ2v) is 4.99. The van der Waals surface area contributed by atoms with E-state index in [-0.39, 0.29) is 7.18 Å². The van der Waals surface area contributed by atoms with Crippen molar-refractivity contribution in [2.24, 2.45) is 0 Å². The third kappa shape index (κ3) is 21.6. The monoisotopic (exact) mass is 421 g/mol. The lowest BCUT2D eigenvalue weighted by atomic mass is 10.3. The maximum Gasteiger partial charge on any atom is 0.448 e. The number of benzene rings is 2. The summed E-state index contributed by atoms with van der Waals surface area (Å²) < 4.78 is 40.2. The van der Waals surface area contributed by atoms with Crippen LogP contribution in [0.1, 0.15) is 36.0 Å². The number of para-hydroxylation sites is 2. The Morgan fingerprint density at radius 2 is 1.21 bits per heavy atom. The molecule has 0 unspecified atom stereocenters. The van der Waals surface area contributed by atoms with E-state index >= 15 is 0 Å². The highest BCUT2D eigenvalue weighted by Gasteiger charge is 2.34. The molecule has 0 aromatic heterocycles. The van der Waals surface area contributed by atoms with Crippen molar-refractivity contribution >= 4 is 11.6 Å². The number of phenolic OH excluding ortho intramolecular Hbond substituents is 1. The van der Waals surface area contributed by atoms with Crippen molar-refractivity contribution in [1.82, 2.24) is 0 Å². The number of ether oxygens (including phenoxy) is 1. The largest absolute Gasteiger partial charge is 0.508 e. The fourth-order valence-corrected chi connectivity index (χ4v) is 1.12. The van der Waals surface area contributed by atoms with Gasteiger partial charge in [0.05, 0.1) is 0 Å². The fraction of sp³-hybridized carbons (Fsp3) is 0.273. The van der Waals surface area contributed by atoms with Gasteiger partial charge in [-0.1, -0.05) is 88.9 Å². The Balaban J connectivity index is -0.000000166. The lowest BCUT2D eigenvalue weighted by molar-refractivity contribution is -0.115. The molecule has 6 heteroatoms. The van der Waals surface area contributed by atoms with Gasteiger partial charge < -0.3 is 9.84 Å². The van der Waals surface area contributed by atoms with Gasteiger partial charge in [0.15, 0.2) is 0 Å². The Bertz CT molecular complexity index is 615. The summed E-state index contributed by atoms with van der Waals surface area (Å²) in [5.74, 6) is -0.758. The Hall–Kier alpha value is -2.40. The van der Waals surface area contributed by atoms with Gasteiger partial charge in [-0.2, -0.15) is 13.2 Å². The molecule has 0 spiro atoms. The van der Waals surface area contributed by atoms with Gasteiger partial charge in [-0.15, -0.1) is 0 Å². The first-order valence-corrected chi connectivity index (χ1v) is 9.04.